The van der Waals surface area contributed by atoms with Crippen molar-refractivity contribution in [3.05, 3.63) is 24.1 Å². The highest BCUT2D eigenvalue weighted by molar-refractivity contribution is 6.34. The van der Waals surface area contributed by atoms with Gasteiger partial charge >= 0.3 is 5.97 Å². The molecule has 0 aromatic rings. The van der Waals surface area contributed by atoms with Crippen LogP contribution in [-0.4, -0.2) is 23.5 Å². The van der Waals surface area contributed by atoms with Gasteiger partial charge in [-0.15, -0.1) is 0 Å². The van der Waals surface area contributed by atoms with E-state index in [1.54, 1.807) is 12.2 Å². The number of allylic oxidation sites excluding steroid dienone is 2. The van der Waals surface area contributed by atoms with Crippen LogP contribution in [0.4, 0.5) is 0 Å². The van der Waals surface area contributed by atoms with Gasteiger partial charge in [-0.3, -0.25) is 0 Å². The van der Waals surface area contributed by atoms with Crippen LogP contribution < -0.4 is 5.73 Å². The van der Waals surface area contributed by atoms with E-state index < -0.39 is 11.8 Å². The number of nitrogens with zero attached hydrogens (tertiary/aromatic N) is 1. The summed E-state index contributed by atoms with van der Waals surface area (Å²) in [6.45, 7) is 0.254. The van der Waals surface area contributed by atoms with Crippen molar-refractivity contribution in [2.45, 2.75) is 0 Å². The average molecular weight is 168 g/mol. The van der Waals surface area contributed by atoms with Gasteiger partial charge in [0, 0.05) is 0 Å². The van der Waals surface area contributed by atoms with Gasteiger partial charge in [0.05, 0.1) is 12.0 Å². The molecule has 0 aromatic carbocycles. The molecule has 0 aromatic heterocycles. The number of hydrogen-bond donors (Lipinski definition) is 2. The molecule has 0 fully saturated rings. The van der Waals surface area contributed by atoms with E-state index in [-0.39, 0.29) is 6.61 Å². The van der Waals surface area contributed by atoms with Crippen LogP contribution in [0, 0.1) is 0 Å². The third-order valence-corrected chi connectivity index (χ3v) is 1.18. The zero-order chi connectivity index (χ0) is 8.97. The first-order valence-electron chi connectivity index (χ1n) is 3.25. The number of aliphatic imine (C=N–C) groups is 1. The second-order valence-corrected chi connectivity index (χ2v) is 2.10. The van der Waals surface area contributed by atoms with Gasteiger partial charge in [-0.05, 0) is 12.2 Å². The minimum atomic E-state index is -1.23. The van der Waals surface area contributed by atoms with Crippen molar-refractivity contribution >= 4 is 11.8 Å². The number of amidine groups is 1. The first-order chi connectivity index (χ1) is 5.70. The summed E-state index contributed by atoms with van der Waals surface area (Å²) >= 11 is 0. The molecule has 5 heteroatoms. The molecule has 0 atom stereocenters. The first-order valence-corrected chi connectivity index (χ1v) is 3.25. The Bertz CT molecular complexity index is 278. The van der Waals surface area contributed by atoms with Crippen molar-refractivity contribution in [3.8, 4) is 0 Å². The molecule has 1 aliphatic heterocycles. The largest absolute Gasteiger partial charge is 0.495 e. The lowest BCUT2D eigenvalue weighted by Gasteiger charge is -2.05. The van der Waals surface area contributed by atoms with Gasteiger partial charge in [0.25, 0.3) is 0 Å². The summed E-state index contributed by atoms with van der Waals surface area (Å²) in [5.74, 6) is -1.66. The summed E-state index contributed by atoms with van der Waals surface area (Å²) in [6, 6.07) is 0. The van der Waals surface area contributed by atoms with Gasteiger partial charge in [-0.2, -0.15) is 0 Å². The molecule has 3 N–H and O–H groups in total. The lowest BCUT2D eigenvalue weighted by atomic mass is 10.4. The van der Waals surface area contributed by atoms with Crippen molar-refractivity contribution in [3.63, 3.8) is 0 Å². The summed E-state index contributed by atoms with van der Waals surface area (Å²) < 4.78 is 4.86. The number of carbonyl (C=O) groups is 1. The Labute approximate surface area is 68.8 Å². The highest BCUT2D eigenvalue weighted by atomic mass is 16.5. The highest BCUT2D eigenvalue weighted by Gasteiger charge is 2.05. The monoisotopic (exact) mass is 168 g/mol. The molecule has 0 unspecified atom stereocenters. The number of carboxylic acid groups (broad SMARTS) is 1. The van der Waals surface area contributed by atoms with Crippen LogP contribution in [0.15, 0.2) is 29.1 Å². The zero-order valence-electron chi connectivity index (χ0n) is 6.23. The van der Waals surface area contributed by atoms with Gasteiger partial charge in [0.2, 0.25) is 5.84 Å². The second-order valence-electron chi connectivity index (χ2n) is 2.10. The number of hydrogen-bond acceptors (Lipinski definition) is 3. The topological polar surface area (TPSA) is 84.9 Å². The average Bonchev–Trinajstić information content (AvgIpc) is 2.06. The molecule has 5 nitrogen and oxygen atoms in total. The van der Waals surface area contributed by atoms with Gasteiger partial charge < -0.3 is 15.6 Å². The molecule has 0 spiro atoms. The minimum absolute atomic E-state index is 0.254. The van der Waals surface area contributed by atoms with Crippen LogP contribution in [0.25, 0.3) is 0 Å². The molecule has 0 amide bonds. The molecule has 12 heavy (non-hydrogen) atoms. The number of ether oxygens (including phenoxy) is 1. The fourth-order valence-electron chi connectivity index (χ4n) is 0.660. The zero-order valence-corrected chi connectivity index (χ0v) is 6.23. The molecule has 0 radical (unpaired) electrons. The lowest BCUT2D eigenvalue weighted by Crippen LogP contribution is -2.23. The predicted octanol–water partition coefficient (Wildman–Crippen LogP) is -0.144. The SMILES string of the molecule is NC(=NC1=CC=COC1)C(=O)O. The molecular formula is C7H8N2O3. The van der Waals surface area contributed by atoms with Gasteiger partial charge in [-0.25, -0.2) is 9.79 Å². The Balaban J connectivity index is 2.72. The van der Waals surface area contributed by atoms with Crippen LogP contribution in [0.5, 0.6) is 0 Å². The van der Waals surface area contributed by atoms with Crippen LogP contribution in [0.3, 0.4) is 0 Å². The molecule has 0 bridgehead atoms. The molecular weight excluding hydrogens is 160 g/mol. The maximum Gasteiger partial charge on any atom is 0.371 e. The molecule has 1 rings (SSSR count). The van der Waals surface area contributed by atoms with E-state index in [0.717, 1.165) is 0 Å². The van der Waals surface area contributed by atoms with Crippen LogP contribution in [-0.2, 0) is 9.53 Å². The Morgan fingerprint density at radius 3 is 3.00 bits per heavy atom. The summed E-state index contributed by atoms with van der Waals surface area (Å²) in [7, 11) is 0. The van der Waals surface area contributed by atoms with Crippen molar-refractivity contribution in [1.82, 2.24) is 0 Å². The molecule has 1 heterocycles. The van der Waals surface area contributed by atoms with E-state index in [1.807, 2.05) is 0 Å². The van der Waals surface area contributed by atoms with Gasteiger partial charge in [-0.1, -0.05) is 0 Å². The van der Waals surface area contributed by atoms with Crippen molar-refractivity contribution in [2.24, 2.45) is 10.7 Å². The summed E-state index contributed by atoms with van der Waals surface area (Å²) in [5, 5.41) is 8.37. The number of rotatable bonds is 1. The number of carboxylic acids is 1. The normalized spacial score (nSPS) is 16.7. The molecule has 0 saturated carbocycles. The van der Waals surface area contributed by atoms with Gasteiger partial charge in [0.15, 0.2) is 0 Å². The van der Waals surface area contributed by atoms with E-state index in [4.69, 9.17) is 15.6 Å². The maximum atomic E-state index is 10.2. The molecule has 0 aliphatic carbocycles. The van der Waals surface area contributed by atoms with Crippen molar-refractivity contribution in [2.75, 3.05) is 6.61 Å². The van der Waals surface area contributed by atoms with E-state index >= 15 is 0 Å². The van der Waals surface area contributed by atoms with Crippen LogP contribution in [0.1, 0.15) is 0 Å². The van der Waals surface area contributed by atoms with Crippen LogP contribution in [0.2, 0.25) is 0 Å². The van der Waals surface area contributed by atoms with E-state index in [9.17, 15) is 4.79 Å². The molecule has 64 valence electrons. The van der Waals surface area contributed by atoms with Gasteiger partial charge in [0.1, 0.15) is 6.61 Å². The lowest BCUT2D eigenvalue weighted by molar-refractivity contribution is -0.129. The fraction of sp³-hybridized carbons (Fsp3) is 0.143. The Morgan fingerprint density at radius 1 is 1.75 bits per heavy atom. The summed E-state index contributed by atoms with van der Waals surface area (Å²) in [5.41, 5.74) is 5.57. The second kappa shape index (κ2) is 3.56. The third-order valence-electron chi connectivity index (χ3n) is 1.18. The smallest absolute Gasteiger partial charge is 0.371 e. The standard InChI is InChI=1S/C7H8N2O3/c8-6(7(10)11)9-5-2-1-3-12-4-5/h1-3H,4H2,(H2,8,9)(H,10,11). The third kappa shape index (κ3) is 2.12. The van der Waals surface area contributed by atoms with Crippen molar-refractivity contribution < 1.29 is 14.6 Å². The van der Waals surface area contributed by atoms with E-state index in [1.165, 1.54) is 6.26 Å². The number of nitrogens with two attached hydrogens (primary N) is 1. The minimum Gasteiger partial charge on any atom is -0.495 e. The molecule has 1 aliphatic rings. The maximum absolute atomic E-state index is 10.2. The Kier molecular flexibility index (Phi) is 2.47. The predicted molar refractivity (Wildman–Crippen MR) is 42.4 cm³/mol. The highest BCUT2D eigenvalue weighted by Crippen LogP contribution is 2.03. The quantitative estimate of drug-likeness (QED) is 0.421. The first kappa shape index (κ1) is 8.32. The van der Waals surface area contributed by atoms with Crippen molar-refractivity contribution in [1.29, 1.82) is 0 Å². The van der Waals surface area contributed by atoms with E-state index in [2.05, 4.69) is 4.99 Å². The molecule has 0 saturated heterocycles. The Morgan fingerprint density at radius 2 is 2.50 bits per heavy atom. The Hall–Kier alpha value is -1.78. The van der Waals surface area contributed by atoms with E-state index in [0.29, 0.717) is 5.70 Å². The summed E-state index contributed by atoms with van der Waals surface area (Å²) in [4.78, 5) is 13.8. The summed E-state index contributed by atoms with van der Waals surface area (Å²) in [6.07, 6.45) is 4.76. The van der Waals surface area contributed by atoms with Crippen LogP contribution >= 0.6 is 0 Å². The fourth-order valence-corrected chi connectivity index (χ4v) is 0.660. The number of aliphatic carboxylic acids is 1.